The van der Waals surface area contributed by atoms with E-state index in [9.17, 15) is 4.39 Å². The fourth-order valence-corrected chi connectivity index (χ4v) is 1.61. The lowest BCUT2D eigenvalue weighted by atomic mass is 10.1. The molecule has 0 aliphatic rings. The van der Waals surface area contributed by atoms with Crippen LogP contribution in [0.2, 0.25) is 5.02 Å². The molecule has 0 saturated carbocycles. The van der Waals surface area contributed by atoms with E-state index in [0.717, 1.165) is 16.3 Å². The molecule has 2 rings (SSSR count). The molecule has 2 heteroatoms. The molecule has 66 valence electrons. The molecule has 13 heavy (non-hydrogen) atoms. The van der Waals surface area contributed by atoms with Crippen LogP contribution in [-0.4, -0.2) is 0 Å². The van der Waals surface area contributed by atoms with Crippen molar-refractivity contribution >= 4 is 22.4 Å². The van der Waals surface area contributed by atoms with Crippen molar-refractivity contribution in [3.05, 3.63) is 46.7 Å². The van der Waals surface area contributed by atoms with Gasteiger partial charge in [0.15, 0.2) is 0 Å². The number of halogens is 2. The molecule has 0 heterocycles. The van der Waals surface area contributed by atoms with Crippen molar-refractivity contribution < 1.29 is 4.39 Å². The van der Waals surface area contributed by atoms with Crippen LogP contribution >= 0.6 is 11.6 Å². The maximum absolute atomic E-state index is 12.8. The Labute approximate surface area is 80.9 Å². The van der Waals surface area contributed by atoms with Crippen LogP contribution in [0.4, 0.5) is 4.39 Å². The summed E-state index contributed by atoms with van der Waals surface area (Å²) in [6, 6.07) is 8.39. The van der Waals surface area contributed by atoms with E-state index in [2.05, 4.69) is 0 Å². The van der Waals surface area contributed by atoms with Crippen LogP contribution in [0.3, 0.4) is 0 Å². The highest BCUT2D eigenvalue weighted by atomic mass is 35.5. The molecule has 0 atom stereocenters. The summed E-state index contributed by atoms with van der Waals surface area (Å²) >= 11 is 6.06. The zero-order valence-corrected chi connectivity index (χ0v) is 7.90. The topological polar surface area (TPSA) is 0 Å². The van der Waals surface area contributed by atoms with Gasteiger partial charge in [0.2, 0.25) is 0 Å². The maximum atomic E-state index is 12.8. The van der Waals surface area contributed by atoms with E-state index in [-0.39, 0.29) is 5.82 Å². The van der Waals surface area contributed by atoms with Crippen LogP contribution in [-0.2, 0) is 0 Å². The first-order chi connectivity index (χ1) is 6.18. The third-order valence-electron chi connectivity index (χ3n) is 2.11. The molecule has 2 aromatic rings. The van der Waals surface area contributed by atoms with E-state index >= 15 is 0 Å². The van der Waals surface area contributed by atoms with Gasteiger partial charge in [-0.25, -0.2) is 4.39 Å². The summed E-state index contributed by atoms with van der Waals surface area (Å²) in [6.07, 6.45) is 0. The average Bonchev–Trinajstić information content (AvgIpc) is 2.12. The lowest BCUT2D eigenvalue weighted by molar-refractivity contribution is 0.630. The van der Waals surface area contributed by atoms with Crippen molar-refractivity contribution in [1.82, 2.24) is 0 Å². The Morgan fingerprint density at radius 3 is 2.69 bits per heavy atom. The normalized spacial score (nSPS) is 10.7. The zero-order valence-electron chi connectivity index (χ0n) is 7.14. The molecule has 0 aliphatic carbocycles. The minimum absolute atomic E-state index is 0.229. The van der Waals surface area contributed by atoms with E-state index in [1.54, 1.807) is 6.07 Å². The van der Waals surface area contributed by atoms with Crippen LogP contribution in [0.5, 0.6) is 0 Å². The fourth-order valence-electron chi connectivity index (χ4n) is 1.37. The van der Waals surface area contributed by atoms with Crippen LogP contribution < -0.4 is 0 Å². The number of rotatable bonds is 0. The summed E-state index contributed by atoms with van der Waals surface area (Å²) < 4.78 is 12.8. The third kappa shape index (κ3) is 1.40. The second-order valence-electron chi connectivity index (χ2n) is 3.06. The van der Waals surface area contributed by atoms with E-state index in [1.807, 2.05) is 19.1 Å². The Hall–Kier alpha value is -1.08. The summed E-state index contributed by atoms with van der Waals surface area (Å²) in [7, 11) is 0. The van der Waals surface area contributed by atoms with E-state index in [0.29, 0.717) is 5.02 Å². The van der Waals surface area contributed by atoms with Crippen LogP contribution in [0.1, 0.15) is 5.56 Å². The minimum atomic E-state index is -0.229. The predicted molar refractivity (Wildman–Crippen MR) is 53.7 cm³/mol. The number of benzene rings is 2. The highest BCUT2D eigenvalue weighted by Gasteiger charge is 2.02. The fraction of sp³-hybridized carbons (Fsp3) is 0.0909. The molecule has 0 spiro atoms. The summed E-state index contributed by atoms with van der Waals surface area (Å²) in [6.45, 7) is 1.94. The molecule has 2 aromatic carbocycles. The van der Waals surface area contributed by atoms with Crippen molar-refractivity contribution in [2.45, 2.75) is 6.92 Å². The van der Waals surface area contributed by atoms with E-state index < -0.39 is 0 Å². The second kappa shape index (κ2) is 3.00. The van der Waals surface area contributed by atoms with Crippen molar-refractivity contribution in [1.29, 1.82) is 0 Å². The minimum Gasteiger partial charge on any atom is -0.207 e. The number of fused-ring (bicyclic) bond motifs is 1. The molecule has 0 unspecified atom stereocenters. The predicted octanol–water partition coefficient (Wildman–Crippen LogP) is 3.94. The van der Waals surface area contributed by atoms with Gasteiger partial charge in [-0.1, -0.05) is 23.7 Å². The zero-order chi connectivity index (χ0) is 9.42. The summed E-state index contributed by atoms with van der Waals surface area (Å²) in [5.74, 6) is -0.229. The van der Waals surface area contributed by atoms with Crippen LogP contribution in [0, 0.1) is 12.7 Å². The molecule has 0 aromatic heterocycles. The quantitative estimate of drug-likeness (QED) is 0.596. The Morgan fingerprint density at radius 2 is 1.92 bits per heavy atom. The summed E-state index contributed by atoms with van der Waals surface area (Å²) in [5.41, 5.74) is 1.01. The molecule has 0 saturated heterocycles. The first-order valence-corrected chi connectivity index (χ1v) is 4.40. The molecule has 0 aliphatic heterocycles. The van der Waals surface area contributed by atoms with Gasteiger partial charge in [-0.2, -0.15) is 0 Å². The number of hydrogen-bond acceptors (Lipinski definition) is 0. The lowest BCUT2D eigenvalue weighted by Crippen LogP contribution is -1.80. The number of aryl methyl sites for hydroxylation is 1. The van der Waals surface area contributed by atoms with Crippen LogP contribution in [0.15, 0.2) is 30.3 Å². The highest BCUT2D eigenvalue weighted by Crippen LogP contribution is 2.26. The highest BCUT2D eigenvalue weighted by molar-refractivity contribution is 6.36. The average molecular weight is 195 g/mol. The Balaban J connectivity index is 2.87. The first-order valence-electron chi connectivity index (χ1n) is 4.03. The Morgan fingerprint density at radius 1 is 1.15 bits per heavy atom. The Bertz CT molecular complexity index is 463. The Kier molecular flexibility index (Phi) is 1.97. The third-order valence-corrected chi connectivity index (χ3v) is 2.61. The van der Waals surface area contributed by atoms with Crippen molar-refractivity contribution in [2.24, 2.45) is 0 Å². The van der Waals surface area contributed by atoms with Gasteiger partial charge in [-0.3, -0.25) is 0 Å². The van der Waals surface area contributed by atoms with E-state index in [1.165, 1.54) is 12.1 Å². The molecule has 0 nitrogen and oxygen atoms in total. The van der Waals surface area contributed by atoms with Crippen molar-refractivity contribution in [3.63, 3.8) is 0 Å². The molecular formula is C11H8ClF. The second-order valence-corrected chi connectivity index (χ2v) is 3.44. The van der Waals surface area contributed by atoms with Gasteiger partial charge < -0.3 is 0 Å². The first kappa shape index (κ1) is 8.52. The molecule has 0 amide bonds. The SMILES string of the molecule is Cc1ccc2cc(F)ccc2c1Cl. The van der Waals surface area contributed by atoms with Gasteiger partial charge in [0.1, 0.15) is 5.82 Å². The number of hydrogen-bond donors (Lipinski definition) is 0. The van der Waals surface area contributed by atoms with Gasteiger partial charge in [0, 0.05) is 5.39 Å². The molecule has 0 fully saturated rings. The van der Waals surface area contributed by atoms with Gasteiger partial charge in [0.05, 0.1) is 5.02 Å². The molecular weight excluding hydrogens is 187 g/mol. The largest absolute Gasteiger partial charge is 0.207 e. The van der Waals surface area contributed by atoms with Gasteiger partial charge >= 0.3 is 0 Å². The van der Waals surface area contributed by atoms with Crippen LogP contribution in [0.25, 0.3) is 10.8 Å². The summed E-state index contributed by atoms with van der Waals surface area (Å²) in [5, 5.41) is 2.45. The van der Waals surface area contributed by atoms with Gasteiger partial charge in [-0.05, 0) is 36.1 Å². The maximum Gasteiger partial charge on any atom is 0.123 e. The molecule has 0 bridgehead atoms. The standard InChI is InChI=1S/C11H8ClF/c1-7-2-3-8-6-9(13)4-5-10(8)11(7)12/h2-6H,1H3. The van der Waals surface area contributed by atoms with Crippen molar-refractivity contribution in [2.75, 3.05) is 0 Å². The molecule has 0 radical (unpaired) electrons. The van der Waals surface area contributed by atoms with E-state index in [4.69, 9.17) is 11.6 Å². The van der Waals surface area contributed by atoms with Crippen molar-refractivity contribution in [3.8, 4) is 0 Å². The lowest BCUT2D eigenvalue weighted by Gasteiger charge is -2.03. The smallest absolute Gasteiger partial charge is 0.123 e. The molecule has 0 N–H and O–H groups in total. The van der Waals surface area contributed by atoms with Gasteiger partial charge in [-0.15, -0.1) is 0 Å². The summed E-state index contributed by atoms with van der Waals surface area (Å²) in [4.78, 5) is 0. The van der Waals surface area contributed by atoms with Gasteiger partial charge in [0.25, 0.3) is 0 Å². The monoisotopic (exact) mass is 194 g/mol.